The molecule has 3 nitrogen and oxygen atoms in total. The molecular weight excluding hydrogens is 118 g/mol. The van der Waals surface area contributed by atoms with Crippen molar-refractivity contribution in [3.8, 4) is 0 Å². The van der Waals surface area contributed by atoms with Crippen LogP contribution in [0, 0.1) is 0 Å². The molecule has 0 aromatic rings. The number of carbonyl (C=O) groups is 1. The lowest BCUT2D eigenvalue weighted by molar-refractivity contribution is -0.131. The fraction of sp³-hybridized carbons (Fsp3) is 0.500. The Hall–Kier alpha value is -0.990. The topological polar surface area (TPSA) is 49.3 Å². The molecule has 0 rings (SSSR count). The SMILES string of the molecule is CC(C)NC=CC(=O)O. The molecule has 0 amide bonds. The van der Waals surface area contributed by atoms with Crippen LogP contribution in [0.2, 0.25) is 0 Å². The van der Waals surface area contributed by atoms with E-state index in [0.29, 0.717) is 6.04 Å². The molecule has 0 fully saturated rings. The largest absolute Gasteiger partial charge is 0.478 e. The second-order valence-corrected chi connectivity index (χ2v) is 1.99. The minimum atomic E-state index is -0.928. The third kappa shape index (κ3) is 7.01. The van der Waals surface area contributed by atoms with Crippen molar-refractivity contribution in [2.75, 3.05) is 0 Å². The molecule has 0 aromatic heterocycles. The maximum Gasteiger partial charge on any atom is 0.329 e. The van der Waals surface area contributed by atoms with Gasteiger partial charge < -0.3 is 10.4 Å². The predicted molar refractivity (Wildman–Crippen MR) is 35.0 cm³/mol. The standard InChI is InChI=1S/C6H11NO2/c1-5(2)7-4-3-6(8)9/h3-5,7H,1-2H3,(H,8,9). The Bertz CT molecular complexity index is 118. The summed E-state index contributed by atoms with van der Waals surface area (Å²) in [7, 11) is 0. The van der Waals surface area contributed by atoms with Gasteiger partial charge in [0.25, 0.3) is 0 Å². The third-order valence-corrected chi connectivity index (χ3v) is 0.655. The van der Waals surface area contributed by atoms with Crippen molar-refractivity contribution in [3.63, 3.8) is 0 Å². The van der Waals surface area contributed by atoms with E-state index in [1.807, 2.05) is 13.8 Å². The zero-order chi connectivity index (χ0) is 7.28. The van der Waals surface area contributed by atoms with Crippen molar-refractivity contribution in [1.82, 2.24) is 5.32 Å². The average Bonchev–Trinajstić information content (AvgIpc) is 1.63. The van der Waals surface area contributed by atoms with E-state index in [9.17, 15) is 4.79 Å². The summed E-state index contributed by atoms with van der Waals surface area (Å²) < 4.78 is 0. The predicted octanol–water partition coefficient (Wildman–Crippen LogP) is 0.583. The summed E-state index contributed by atoms with van der Waals surface area (Å²) in [5.41, 5.74) is 0. The summed E-state index contributed by atoms with van der Waals surface area (Å²) in [4.78, 5) is 9.85. The van der Waals surface area contributed by atoms with E-state index in [-0.39, 0.29) is 0 Å². The van der Waals surface area contributed by atoms with Gasteiger partial charge in [-0.15, -0.1) is 0 Å². The van der Waals surface area contributed by atoms with E-state index >= 15 is 0 Å². The summed E-state index contributed by atoms with van der Waals surface area (Å²) in [5, 5.41) is 10.9. The minimum Gasteiger partial charge on any atom is -0.478 e. The fourth-order valence-electron chi connectivity index (χ4n) is 0.312. The number of carboxylic acids is 1. The zero-order valence-electron chi connectivity index (χ0n) is 5.59. The smallest absolute Gasteiger partial charge is 0.329 e. The number of carboxylic acid groups (broad SMARTS) is 1. The Kier molecular flexibility index (Phi) is 3.51. The number of aliphatic carboxylic acids is 1. The molecule has 0 aliphatic carbocycles. The quantitative estimate of drug-likeness (QED) is 0.548. The molecule has 0 unspecified atom stereocenters. The van der Waals surface area contributed by atoms with Gasteiger partial charge in [-0.3, -0.25) is 0 Å². The molecule has 3 heteroatoms. The van der Waals surface area contributed by atoms with Crippen LogP contribution in [0.1, 0.15) is 13.8 Å². The van der Waals surface area contributed by atoms with Gasteiger partial charge in [0.15, 0.2) is 0 Å². The zero-order valence-corrected chi connectivity index (χ0v) is 5.59. The molecule has 0 atom stereocenters. The molecular formula is C6H11NO2. The van der Waals surface area contributed by atoms with Crippen molar-refractivity contribution in [3.05, 3.63) is 12.3 Å². The van der Waals surface area contributed by atoms with Crippen molar-refractivity contribution >= 4 is 5.97 Å². The molecule has 0 saturated carbocycles. The van der Waals surface area contributed by atoms with Crippen LogP contribution in [0.25, 0.3) is 0 Å². The molecule has 0 aromatic carbocycles. The minimum absolute atomic E-state index is 0.292. The first kappa shape index (κ1) is 8.01. The number of nitrogens with one attached hydrogen (secondary N) is 1. The van der Waals surface area contributed by atoms with Crippen molar-refractivity contribution < 1.29 is 9.90 Å². The highest BCUT2D eigenvalue weighted by atomic mass is 16.4. The molecule has 2 N–H and O–H groups in total. The van der Waals surface area contributed by atoms with Gasteiger partial charge in [0.05, 0.1) is 0 Å². The Morgan fingerprint density at radius 1 is 1.67 bits per heavy atom. The van der Waals surface area contributed by atoms with Crippen LogP contribution < -0.4 is 5.32 Å². The van der Waals surface area contributed by atoms with Crippen LogP contribution in [0.15, 0.2) is 12.3 Å². The highest BCUT2D eigenvalue weighted by molar-refractivity contribution is 5.79. The average molecular weight is 129 g/mol. The number of hydrogen-bond donors (Lipinski definition) is 2. The molecule has 0 bridgehead atoms. The van der Waals surface area contributed by atoms with Crippen LogP contribution in [0.4, 0.5) is 0 Å². The summed E-state index contributed by atoms with van der Waals surface area (Å²) in [5.74, 6) is -0.928. The van der Waals surface area contributed by atoms with Crippen molar-refractivity contribution in [2.24, 2.45) is 0 Å². The fourth-order valence-corrected chi connectivity index (χ4v) is 0.312. The van der Waals surface area contributed by atoms with Gasteiger partial charge in [-0.2, -0.15) is 0 Å². The number of rotatable bonds is 3. The normalized spacial score (nSPS) is 10.6. The Balaban J connectivity index is 3.36. The molecule has 0 aliphatic heterocycles. The van der Waals surface area contributed by atoms with Crippen molar-refractivity contribution in [2.45, 2.75) is 19.9 Å². The molecule has 0 spiro atoms. The van der Waals surface area contributed by atoms with E-state index in [0.717, 1.165) is 6.08 Å². The maximum absolute atomic E-state index is 9.85. The second-order valence-electron chi connectivity index (χ2n) is 1.99. The first-order chi connectivity index (χ1) is 4.13. The van der Waals surface area contributed by atoms with Gasteiger partial charge >= 0.3 is 5.97 Å². The van der Waals surface area contributed by atoms with Gasteiger partial charge in [-0.05, 0) is 13.8 Å². The van der Waals surface area contributed by atoms with Crippen LogP contribution in [0.5, 0.6) is 0 Å². The highest BCUT2D eigenvalue weighted by Gasteiger charge is 1.85. The molecule has 0 heterocycles. The third-order valence-electron chi connectivity index (χ3n) is 0.655. The monoisotopic (exact) mass is 129 g/mol. The van der Waals surface area contributed by atoms with Crippen molar-refractivity contribution in [1.29, 1.82) is 0 Å². The summed E-state index contributed by atoms with van der Waals surface area (Å²) in [6, 6.07) is 0.292. The first-order valence-corrected chi connectivity index (χ1v) is 2.78. The van der Waals surface area contributed by atoms with Crippen LogP contribution in [-0.2, 0) is 4.79 Å². The maximum atomic E-state index is 9.85. The first-order valence-electron chi connectivity index (χ1n) is 2.78. The highest BCUT2D eigenvalue weighted by Crippen LogP contribution is 1.75. The van der Waals surface area contributed by atoms with Gasteiger partial charge in [0.2, 0.25) is 0 Å². The van der Waals surface area contributed by atoms with E-state index in [4.69, 9.17) is 5.11 Å². The van der Waals surface area contributed by atoms with Gasteiger partial charge in [0, 0.05) is 18.3 Å². The molecule has 9 heavy (non-hydrogen) atoms. The molecule has 0 saturated heterocycles. The van der Waals surface area contributed by atoms with E-state index in [1.165, 1.54) is 6.20 Å². The summed E-state index contributed by atoms with van der Waals surface area (Å²) >= 11 is 0. The Labute approximate surface area is 54.4 Å². The van der Waals surface area contributed by atoms with Crippen LogP contribution in [0.3, 0.4) is 0 Å². The van der Waals surface area contributed by atoms with Crippen LogP contribution in [-0.4, -0.2) is 17.1 Å². The van der Waals surface area contributed by atoms with Crippen LogP contribution >= 0.6 is 0 Å². The summed E-state index contributed by atoms with van der Waals surface area (Å²) in [6.07, 6.45) is 2.49. The van der Waals surface area contributed by atoms with E-state index in [1.54, 1.807) is 0 Å². The number of hydrogen-bond acceptors (Lipinski definition) is 2. The van der Waals surface area contributed by atoms with E-state index < -0.39 is 5.97 Å². The van der Waals surface area contributed by atoms with Gasteiger partial charge in [0.1, 0.15) is 0 Å². The Morgan fingerprint density at radius 2 is 2.22 bits per heavy atom. The lowest BCUT2D eigenvalue weighted by Crippen LogP contribution is -2.15. The van der Waals surface area contributed by atoms with E-state index in [2.05, 4.69) is 5.32 Å². The Morgan fingerprint density at radius 3 is 2.56 bits per heavy atom. The second kappa shape index (κ2) is 3.95. The molecule has 0 radical (unpaired) electrons. The molecule has 52 valence electrons. The lowest BCUT2D eigenvalue weighted by Gasteiger charge is -2.00. The lowest BCUT2D eigenvalue weighted by atomic mass is 10.4. The van der Waals surface area contributed by atoms with Gasteiger partial charge in [-0.1, -0.05) is 0 Å². The molecule has 0 aliphatic rings. The van der Waals surface area contributed by atoms with Gasteiger partial charge in [-0.25, -0.2) is 4.79 Å². The summed E-state index contributed by atoms with van der Waals surface area (Å²) in [6.45, 7) is 3.87.